The van der Waals surface area contributed by atoms with Gasteiger partial charge in [-0.2, -0.15) is 4.98 Å². The molecule has 2 rings (SSSR count). The van der Waals surface area contributed by atoms with Crippen LogP contribution in [0.5, 0.6) is 0 Å². The SMILES string of the molecule is CN=C(NCCCc1nc(C)no1)NCC(C)(C)c1ccc(F)cc1Cl.I. The monoisotopic (exact) mass is 509 g/mol. The maximum absolute atomic E-state index is 13.3. The first kappa shape index (κ1) is 23.6. The van der Waals surface area contributed by atoms with Crippen LogP contribution in [0.4, 0.5) is 4.39 Å². The molecular weight excluding hydrogens is 484 g/mol. The van der Waals surface area contributed by atoms with Crippen LogP contribution in [0.1, 0.15) is 37.5 Å². The molecule has 1 heterocycles. The van der Waals surface area contributed by atoms with Crippen LogP contribution in [0, 0.1) is 12.7 Å². The molecule has 0 radical (unpaired) electrons. The number of nitrogens with zero attached hydrogens (tertiary/aromatic N) is 3. The molecule has 2 aromatic rings. The molecule has 0 unspecified atom stereocenters. The maximum Gasteiger partial charge on any atom is 0.226 e. The van der Waals surface area contributed by atoms with Crippen molar-refractivity contribution in [3.05, 3.63) is 46.3 Å². The predicted molar refractivity (Wildman–Crippen MR) is 117 cm³/mol. The third-order valence-electron chi connectivity index (χ3n) is 4.01. The third kappa shape index (κ3) is 7.25. The molecule has 0 spiro atoms. The molecule has 0 saturated heterocycles. The Bertz CT molecular complexity index is 766. The summed E-state index contributed by atoms with van der Waals surface area (Å²) in [6, 6.07) is 4.49. The summed E-state index contributed by atoms with van der Waals surface area (Å²) in [6.45, 7) is 7.21. The Balaban J connectivity index is 0.00000364. The molecule has 0 aliphatic heterocycles. The molecule has 0 fully saturated rings. The first-order valence-corrected chi connectivity index (χ1v) is 8.89. The van der Waals surface area contributed by atoms with E-state index in [1.54, 1.807) is 20.0 Å². The summed E-state index contributed by atoms with van der Waals surface area (Å²) in [5.74, 6) is 1.64. The molecule has 0 bridgehead atoms. The highest BCUT2D eigenvalue weighted by molar-refractivity contribution is 14.0. The van der Waals surface area contributed by atoms with Crippen LogP contribution in [0.15, 0.2) is 27.7 Å². The van der Waals surface area contributed by atoms with E-state index in [2.05, 4.69) is 25.8 Å². The van der Waals surface area contributed by atoms with E-state index in [0.717, 1.165) is 18.5 Å². The zero-order chi connectivity index (χ0) is 19.2. The van der Waals surface area contributed by atoms with Crippen molar-refractivity contribution in [3.8, 4) is 0 Å². The molecule has 27 heavy (non-hydrogen) atoms. The van der Waals surface area contributed by atoms with Gasteiger partial charge in [0.25, 0.3) is 0 Å². The second-order valence-corrected chi connectivity index (χ2v) is 7.11. The van der Waals surface area contributed by atoms with Gasteiger partial charge < -0.3 is 15.2 Å². The van der Waals surface area contributed by atoms with E-state index in [9.17, 15) is 4.39 Å². The topological polar surface area (TPSA) is 75.3 Å². The van der Waals surface area contributed by atoms with Gasteiger partial charge in [-0.15, -0.1) is 24.0 Å². The van der Waals surface area contributed by atoms with Crippen molar-refractivity contribution in [1.29, 1.82) is 0 Å². The number of halogens is 3. The lowest BCUT2D eigenvalue weighted by Crippen LogP contribution is -2.43. The van der Waals surface area contributed by atoms with Crippen LogP contribution in [-0.4, -0.2) is 36.2 Å². The normalized spacial score (nSPS) is 11.9. The lowest BCUT2D eigenvalue weighted by molar-refractivity contribution is 0.372. The maximum atomic E-state index is 13.3. The van der Waals surface area contributed by atoms with E-state index in [4.69, 9.17) is 16.1 Å². The van der Waals surface area contributed by atoms with Gasteiger partial charge in [-0.3, -0.25) is 4.99 Å². The third-order valence-corrected chi connectivity index (χ3v) is 4.32. The number of hydrogen-bond donors (Lipinski definition) is 2. The molecule has 1 aromatic heterocycles. The number of aromatic nitrogens is 2. The van der Waals surface area contributed by atoms with Crippen LogP contribution in [0.3, 0.4) is 0 Å². The van der Waals surface area contributed by atoms with Crippen molar-refractivity contribution < 1.29 is 8.91 Å². The number of aliphatic imine (C=N–C) groups is 1. The van der Waals surface area contributed by atoms with Gasteiger partial charge in [-0.05, 0) is 31.0 Å². The number of aryl methyl sites for hydroxylation is 2. The lowest BCUT2D eigenvalue weighted by Gasteiger charge is -2.27. The summed E-state index contributed by atoms with van der Waals surface area (Å²) in [5, 5.41) is 10.7. The van der Waals surface area contributed by atoms with Crippen molar-refractivity contribution in [2.24, 2.45) is 4.99 Å². The van der Waals surface area contributed by atoms with Crippen molar-refractivity contribution in [3.63, 3.8) is 0 Å². The number of guanidine groups is 1. The minimum atomic E-state index is -0.337. The fourth-order valence-corrected chi connectivity index (χ4v) is 2.97. The molecule has 1 aromatic carbocycles. The summed E-state index contributed by atoms with van der Waals surface area (Å²) in [4.78, 5) is 8.39. The van der Waals surface area contributed by atoms with Gasteiger partial charge in [-0.25, -0.2) is 4.39 Å². The Hall–Kier alpha value is -1.42. The van der Waals surface area contributed by atoms with E-state index in [1.165, 1.54) is 12.1 Å². The summed E-state index contributed by atoms with van der Waals surface area (Å²) >= 11 is 6.19. The van der Waals surface area contributed by atoms with Gasteiger partial charge >= 0.3 is 0 Å². The van der Waals surface area contributed by atoms with Crippen LogP contribution >= 0.6 is 35.6 Å². The number of benzene rings is 1. The highest BCUT2D eigenvalue weighted by atomic mass is 127. The van der Waals surface area contributed by atoms with Crippen molar-refractivity contribution in [2.75, 3.05) is 20.1 Å². The van der Waals surface area contributed by atoms with E-state index >= 15 is 0 Å². The second-order valence-electron chi connectivity index (χ2n) is 6.70. The molecule has 9 heteroatoms. The summed E-state index contributed by atoms with van der Waals surface area (Å²) in [7, 11) is 1.72. The molecule has 0 aliphatic rings. The summed E-state index contributed by atoms with van der Waals surface area (Å²) in [5.41, 5.74) is 0.597. The summed E-state index contributed by atoms with van der Waals surface area (Å²) in [6.07, 6.45) is 1.55. The van der Waals surface area contributed by atoms with E-state index < -0.39 is 0 Å². The van der Waals surface area contributed by atoms with Crippen LogP contribution in [0.25, 0.3) is 0 Å². The van der Waals surface area contributed by atoms with E-state index in [1.807, 2.05) is 13.8 Å². The first-order valence-electron chi connectivity index (χ1n) is 8.51. The van der Waals surface area contributed by atoms with Gasteiger partial charge in [0.1, 0.15) is 5.82 Å². The smallest absolute Gasteiger partial charge is 0.226 e. The Morgan fingerprint density at radius 2 is 2.07 bits per heavy atom. The quantitative estimate of drug-likeness (QED) is 0.257. The molecule has 6 nitrogen and oxygen atoms in total. The van der Waals surface area contributed by atoms with E-state index in [0.29, 0.717) is 35.7 Å². The fraction of sp³-hybridized carbons (Fsp3) is 0.500. The number of nitrogens with one attached hydrogen (secondary N) is 2. The van der Waals surface area contributed by atoms with Crippen LogP contribution in [-0.2, 0) is 11.8 Å². The average Bonchev–Trinajstić information content (AvgIpc) is 2.99. The predicted octanol–water partition coefficient (Wildman–Crippen LogP) is 3.86. The van der Waals surface area contributed by atoms with E-state index in [-0.39, 0.29) is 35.2 Å². The first-order chi connectivity index (χ1) is 12.3. The molecule has 0 aliphatic carbocycles. The largest absolute Gasteiger partial charge is 0.356 e. The zero-order valence-corrected chi connectivity index (χ0v) is 19.1. The van der Waals surface area contributed by atoms with Gasteiger partial charge in [0.15, 0.2) is 11.8 Å². The van der Waals surface area contributed by atoms with Crippen LogP contribution in [0.2, 0.25) is 5.02 Å². The Morgan fingerprint density at radius 1 is 1.33 bits per heavy atom. The van der Waals surface area contributed by atoms with Gasteiger partial charge in [-0.1, -0.05) is 36.7 Å². The number of rotatable bonds is 7. The minimum Gasteiger partial charge on any atom is -0.356 e. The zero-order valence-electron chi connectivity index (χ0n) is 16.0. The highest BCUT2D eigenvalue weighted by Crippen LogP contribution is 2.29. The van der Waals surface area contributed by atoms with Crippen molar-refractivity contribution in [2.45, 2.75) is 39.0 Å². The lowest BCUT2D eigenvalue weighted by atomic mass is 9.84. The van der Waals surface area contributed by atoms with Crippen molar-refractivity contribution >= 4 is 41.5 Å². The molecule has 0 atom stereocenters. The Kier molecular flexibility index (Phi) is 9.44. The van der Waals surface area contributed by atoms with Gasteiger partial charge in [0, 0.05) is 37.0 Å². The molecule has 0 amide bonds. The standard InChI is InChI=1S/C18H25ClFN5O.HI/c1-12-24-16(26-25-12)6-5-9-22-17(21-4)23-11-18(2,3)14-8-7-13(20)10-15(14)19;/h7-8,10H,5-6,9,11H2,1-4H3,(H2,21,22,23);1H. The molecule has 2 N–H and O–H groups in total. The Morgan fingerprint density at radius 3 is 2.67 bits per heavy atom. The summed E-state index contributed by atoms with van der Waals surface area (Å²) < 4.78 is 18.3. The highest BCUT2D eigenvalue weighted by Gasteiger charge is 2.24. The second kappa shape index (κ2) is 10.8. The average molecular weight is 510 g/mol. The molecular formula is C18H26ClFIN5O. The van der Waals surface area contributed by atoms with Gasteiger partial charge in [0.2, 0.25) is 5.89 Å². The van der Waals surface area contributed by atoms with Gasteiger partial charge in [0.05, 0.1) is 0 Å². The molecule has 0 saturated carbocycles. The van der Waals surface area contributed by atoms with Crippen LogP contribution < -0.4 is 10.6 Å². The van der Waals surface area contributed by atoms with Crippen molar-refractivity contribution in [1.82, 2.24) is 20.8 Å². The number of hydrogen-bond acceptors (Lipinski definition) is 4. The fourth-order valence-electron chi connectivity index (χ4n) is 2.55. The molecule has 150 valence electrons. The Labute approximate surface area is 181 Å². The minimum absolute atomic E-state index is 0.